The molecule has 6 nitrogen and oxygen atoms in total. The molecule has 0 aliphatic heterocycles. The van der Waals surface area contributed by atoms with Crippen LogP contribution in [0.4, 0.5) is 13.2 Å². The zero-order chi connectivity index (χ0) is 22.7. The number of aliphatic carboxylic acids is 1. The number of rotatable bonds is 7. The quantitative estimate of drug-likeness (QED) is 0.534. The first-order chi connectivity index (χ1) is 13.9. The number of carbonyl (C=O) groups is 2. The lowest BCUT2D eigenvalue weighted by Crippen LogP contribution is -2.46. The summed E-state index contributed by atoms with van der Waals surface area (Å²) in [5, 5.41) is 21.3. The Hall–Kier alpha value is -2.36. The Kier molecular flexibility index (Phi) is 7.33. The van der Waals surface area contributed by atoms with Crippen molar-refractivity contribution in [1.82, 2.24) is 10.3 Å². The van der Waals surface area contributed by atoms with Crippen LogP contribution in [0.3, 0.4) is 0 Å². The van der Waals surface area contributed by atoms with Crippen LogP contribution in [0, 0.1) is 0 Å². The molecule has 0 saturated heterocycles. The van der Waals surface area contributed by atoms with Crippen molar-refractivity contribution in [2.75, 3.05) is 6.54 Å². The van der Waals surface area contributed by atoms with E-state index in [1.54, 1.807) is 0 Å². The number of benzene rings is 1. The minimum atomic E-state index is -5.08. The van der Waals surface area contributed by atoms with E-state index in [2.05, 4.69) is 10.3 Å². The second-order valence-electron chi connectivity index (χ2n) is 6.49. The highest BCUT2D eigenvalue weighted by molar-refractivity contribution is 6.31. The van der Waals surface area contributed by atoms with Gasteiger partial charge in [0.2, 0.25) is 0 Å². The van der Waals surface area contributed by atoms with E-state index >= 15 is 0 Å². The first-order valence-electron chi connectivity index (χ1n) is 8.58. The third-order valence-corrected chi connectivity index (χ3v) is 5.11. The van der Waals surface area contributed by atoms with Crippen LogP contribution >= 0.6 is 23.2 Å². The molecule has 0 bridgehead atoms. The highest BCUT2D eigenvalue weighted by Crippen LogP contribution is 2.49. The molecule has 2 atom stereocenters. The SMILES string of the molecule is CC(c1ccc(C(=O)NCCC(=O)O)cc1Cl)C(O)(c1ccnc(Cl)c1)C(F)(F)F. The summed E-state index contributed by atoms with van der Waals surface area (Å²) in [6, 6.07) is 5.53. The molecule has 1 aromatic carbocycles. The number of carboxylic acids is 1. The van der Waals surface area contributed by atoms with Crippen LogP contribution in [0.15, 0.2) is 36.5 Å². The van der Waals surface area contributed by atoms with Gasteiger partial charge in [-0.1, -0.05) is 36.2 Å². The Balaban J connectivity index is 2.39. The van der Waals surface area contributed by atoms with E-state index < -0.39 is 35.1 Å². The summed E-state index contributed by atoms with van der Waals surface area (Å²) < 4.78 is 41.8. The second-order valence-corrected chi connectivity index (χ2v) is 7.28. The fourth-order valence-corrected chi connectivity index (χ4v) is 3.45. The molecule has 1 amide bonds. The van der Waals surface area contributed by atoms with E-state index in [0.29, 0.717) is 0 Å². The van der Waals surface area contributed by atoms with Crippen LogP contribution < -0.4 is 5.32 Å². The number of aliphatic hydroxyl groups is 1. The van der Waals surface area contributed by atoms with Gasteiger partial charge in [0.05, 0.1) is 6.42 Å². The summed E-state index contributed by atoms with van der Waals surface area (Å²) in [5.41, 5.74) is -3.85. The lowest BCUT2D eigenvalue weighted by Gasteiger charge is -2.37. The highest BCUT2D eigenvalue weighted by atomic mass is 35.5. The number of carbonyl (C=O) groups excluding carboxylic acids is 1. The summed E-state index contributed by atoms with van der Waals surface area (Å²) >= 11 is 11.8. The number of aromatic nitrogens is 1. The lowest BCUT2D eigenvalue weighted by atomic mass is 9.78. The van der Waals surface area contributed by atoms with Crippen molar-refractivity contribution in [3.05, 3.63) is 63.4 Å². The summed E-state index contributed by atoms with van der Waals surface area (Å²) in [5.74, 6) is -3.29. The molecule has 0 fully saturated rings. The topological polar surface area (TPSA) is 99.5 Å². The van der Waals surface area contributed by atoms with Crippen LogP contribution in [0.2, 0.25) is 10.2 Å². The van der Waals surface area contributed by atoms with Gasteiger partial charge in [0.1, 0.15) is 5.15 Å². The van der Waals surface area contributed by atoms with Gasteiger partial charge in [-0.15, -0.1) is 0 Å². The second kappa shape index (κ2) is 9.20. The fourth-order valence-electron chi connectivity index (χ4n) is 2.93. The van der Waals surface area contributed by atoms with Crippen molar-refractivity contribution >= 4 is 35.1 Å². The summed E-state index contributed by atoms with van der Waals surface area (Å²) in [4.78, 5) is 26.2. The number of amides is 1. The van der Waals surface area contributed by atoms with Crippen LogP contribution in [-0.2, 0) is 10.4 Å². The van der Waals surface area contributed by atoms with Gasteiger partial charge in [0.15, 0.2) is 5.60 Å². The number of pyridine rings is 1. The van der Waals surface area contributed by atoms with Crippen LogP contribution in [0.25, 0.3) is 0 Å². The predicted octanol–water partition coefficient (Wildman–Crippen LogP) is 4.15. The zero-order valence-corrected chi connectivity index (χ0v) is 17.0. The Morgan fingerprint density at radius 3 is 2.40 bits per heavy atom. The minimum Gasteiger partial charge on any atom is -0.481 e. The first-order valence-corrected chi connectivity index (χ1v) is 9.34. The van der Waals surface area contributed by atoms with E-state index in [9.17, 15) is 27.9 Å². The van der Waals surface area contributed by atoms with Crippen molar-refractivity contribution in [1.29, 1.82) is 0 Å². The number of halogens is 5. The minimum absolute atomic E-state index is 0.0313. The maximum Gasteiger partial charge on any atom is 0.422 e. The van der Waals surface area contributed by atoms with Crippen LogP contribution in [0.5, 0.6) is 0 Å². The van der Waals surface area contributed by atoms with Gasteiger partial charge in [-0.25, -0.2) is 4.98 Å². The van der Waals surface area contributed by atoms with Crippen molar-refractivity contribution < 1.29 is 33.0 Å². The summed E-state index contributed by atoms with van der Waals surface area (Å²) in [6.45, 7) is 1.02. The van der Waals surface area contributed by atoms with E-state index in [1.807, 2.05) is 0 Å². The molecule has 30 heavy (non-hydrogen) atoms. The number of hydrogen-bond donors (Lipinski definition) is 3. The van der Waals surface area contributed by atoms with Crippen molar-refractivity contribution in [3.63, 3.8) is 0 Å². The Morgan fingerprint density at radius 2 is 1.87 bits per heavy atom. The van der Waals surface area contributed by atoms with Crippen LogP contribution in [0.1, 0.15) is 40.7 Å². The average Bonchev–Trinajstić information content (AvgIpc) is 2.65. The monoisotopic (exact) mass is 464 g/mol. The molecule has 11 heteroatoms. The first kappa shape index (κ1) is 23.9. The smallest absolute Gasteiger partial charge is 0.422 e. The molecule has 0 radical (unpaired) electrons. The van der Waals surface area contributed by atoms with Crippen molar-refractivity contribution in [3.8, 4) is 0 Å². The maximum atomic E-state index is 13.9. The van der Waals surface area contributed by atoms with Crippen molar-refractivity contribution in [2.24, 2.45) is 0 Å². The molecule has 2 rings (SSSR count). The predicted molar refractivity (Wildman–Crippen MR) is 104 cm³/mol. The standard InChI is InChI=1S/C19H17Cl2F3N2O4/c1-10(18(30,19(22,23)24)12-4-6-25-15(21)9-12)13-3-2-11(8-14(13)20)17(29)26-7-5-16(27)28/h2-4,6,8-10,30H,5,7H2,1H3,(H,26,29)(H,27,28). The van der Waals surface area contributed by atoms with Gasteiger partial charge < -0.3 is 15.5 Å². The zero-order valence-electron chi connectivity index (χ0n) is 15.5. The molecule has 0 aliphatic carbocycles. The largest absolute Gasteiger partial charge is 0.481 e. The summed E-state index contributed by atoms with van der Waals surface area (Å²) in [6.07, 6.45) is -4.32. The fraction of sp³-hybridized carbons (Fsp3) is 0.316. The third-order valence-electron chi connectivity index (χ3n) is 4.58. The van der Waals surface area contributed by atoms with Crippen LogP contribution in [-0.4, -0.2) is 39.8 Å². The maximum absolute atomic E-state index is 13.9. The summed E-state index contributed by atoms with van der Waals surface area (Å²) in [7, 11) is 0. The van der Waals surface area contributed by atoms with Gasteiger partial charge in [-0.3, -0.25) is 9.59 Å². The van der Waals surface area contributed by atoms with E-state index in [0.717, 1.165) is 31.3 Å². The Bertz CT molecular complexity index is 956. The average molecular weight is 465 g/mol. The molecule has 0 spiro atoms. The third kappa shape index (κ3) is 5.03. The lowest BCUT2D eigenvalue weighted by molar-refractivity contribution is -0.274. The number of alkyl halides is 3. The molecule has 0 saturated carbocycles. The Labute approximate surface area is 179 Å². The molecule has 1 aromatic heterocycles. The Morgan fingerprint density at radius 1 is 1.20 bits per heavy atom. The molecular weight excluding hydrogens is 448 g/mol. The van der Waals surface area contributed by atoms with Crippen molar-refractivity contribution in [2.45, 2.75) is 31.0 Å². The van der Waals surface area contributed by atoms with E-state index in [4.69, 9.17) is 28.3 Å². The molecule has 162 valence electrons. The highest BCUT2D eigenvalue weighted by Gasteiger charge is 2.59. The van der Waals surface area contributed by atoms with Gasteiger partial charge in [0, 0.05) is 29.2 Å². The molecule has 2 aromatic rings. The molecule has 1 heterocycles. The molecule has 0 aliphatic rings. The van der Waals surface area contributed by atoms with Gasteiger partial charge in [-0.05, 0) is 35.4 Å². The van der Waals surface area contributed by atoms with E-state index in [1.165, 1.54) is 12.1 Å². The number of hydrogen-bond acceptors (Lipinski definition) is 4. The normalized spacial score (nSPS) is 14.6. The molecule has 3 N–H and O–H groups in total. The number of nitrogens with zero attached hydrogens (tertiary/aromatic N) is 1. The van der Waals surface area contributed by atoms with Gasteiger partial charge >= 0.3 is 12.1 Å². The molecular formula is C19H17Cl2F3N2O4. The van der Waals surface area contributed by atoms with Gasteiger partial charge in [0.25, 0.3) is 5.91 Å². The van der Waals surface area contributed by atoms with E-state index in [-0.39, 0.29) is 34.3 Å². The number of nitrogens with one attached hydrogen (secondary N) is 1. The number of carboxylic acid groups (broad SMARTS) is 1. The van der Waals surface area contributed by atoms with Gasteiger partial charge in [-0.2, -0.15) is 13.2 Å². The molecule has 2 unspecified atom stereocenters.